The number of aryl methyl sites for hydroxylation is 1. The number of pyridine rings is 1. The van der Waals surface area contributed by atoms with Gasteiger partial charge in [0.15, 0.2) is 0 Å². The normalized spacial score (nSPS) is 15.9. The van der Waals surface area contributed by atoms with Crippen molar-refractivity contribution in [1.29, 1.82) is 0 Å². The van der Waals surface area contributed by atoms with E-state index in [0.717, 1.165) is 60.8 Å². The molecular weight excluding hydrogens is 646 g/mol. The Hall–Kier alpha value is -5.00. The number of aromatic amines is 1. The summed E-state index contributed by atoms with van der Waals surface area (Å²) < 4.78 is 17.5. The summed E-state index contributed by atoms with van der Waals surface area (Å²) in [5.74, 6) is -0.392. The summed E-state index contributed by atoms with van der Waals surface area (Å²) in [6.07, 6.45) is 12.4. The first-order valence-corrected chi connectivity index (χ1v) is 18.0. The molecule has 0 saturated heterocycles. The number of aromatic nitrogens is 2. The molecule has 51 heavy (non-hydrogen) atoms. The number of fused-ring (bicyclic) bond motifs is 4. The number of H-pyrrole nitrogens is 1. The fourth-order valence-electron chi connectivity index (χ4n) is 7.17. The van der Waals surface area contributed by atoms with Crippen molar-refractivity contribution in [3.05, 3.63) is 94.6 Å². The van der Waals surface area contributed by atoms with Crippen LogP contribution in [0.2, 0.25) is 0 Å². The van der Waals surface area contributed by atoms with Crippen LogP contribution in [-0.2, 0) is 20.7 Å². The minimum atomic E-state index is -0.497. The summed E-state index contributed by atoms with van der Waals surface area (Å²) >= 11 is 0. The van der Waals surface area contributed by atoms with Gasteiger partial charge in [0, 0.05) is 72.2 Å². The summed E-state index contributed by atoms with van der Waals surface area (Å²) in [7, 11) is 1.94. The van der Waals surface area contributed by atoms with Crippen molar-refractivity contribution in [2.24, 2.45) is 0 Å². The minimum absolute atomic E-state index is 0.225. The molecule has 0 bridgehead atoms. The van der Waals surface area contributed by atoms with E-state index < -0.39 is 11.9 Å². The molecule has 1 fully saturated rings. The highest BCUT2D eigenvalue weighted by atomic mass is 16.5. The standard InChI is InChI=1S/C40H45N5O6/c1-44-18-3-6-35(44)36(7-4-19-46)45-39(47)30-5-2-8-37(38(30)40(45)48)51-24-23-50-22-21-49-20-17-42-32(28-11-12-28)14-10-27-9-13-29-31-26-41-16-15-33(31)43-34(29)25-27/h2,5-6,8-9,13,15-16,19,25-26,36,42-43H,3-4,7,10-12,14,17-18,20-24H2,1H3. The number of carbonyl (C=O) groups is 3. The molecule has 2 aromatic heterocycles. The SMILES string of the molecule is CN1CCC=C1C(CCC=O)N1C(=O)c2cccc(OCCOCCOCCNC(CCc3ccc4c(c3)[nH]c3ccncc34)=C3CC3)c2C1=O. The number of amides is 2. The second-order valence-electron chi connectivity index (χ2n) is 13.3. The molecule has 0 radical (unpaired) electrons. The number of nitrogens with one attached hydrogen (secondary N) is 2. The number of aldehydes is 1. The predicted octanol–water partition coefficient (Wildman–Crippen LogP) is 5.56. The summed E-state index contributed by atoms with van der Waals surface area (Å²) in [4.78, 5) is 49.4. The van der Waals surface area contributed by atoms with Crippen LogP contribution in [0.3, 0.4) is 0 Å². The number of ether oxygens (including phenoxy) is 3. The molecule has 3 aliphatic rings. The molecule has 1 atom stereocenters. The van der Waals surface area contributed by atoms with E-state index in [1.165, 1.54) is 40.0 Å². The van der Waals surface area contributed by atoms with E-state index in [-0.39, 0.29) is 24.5 Å². The fourth-order valence-corrected chi connectivity index (χ4v) is 7.17. The van der Waals surface area contributed by atoms with E-state index in [9.17, 15) is 14.4 Å². The third-order valence-electron chi connectivity index (χ3n) is 9.87. The lowest BCUT2D eigenvalue weighted by Crippen LogP contribution is -2.43. The van der Waals surface area contributed by atoms with Crippen molar-refractivity contribution in [1.82, 2.24) is 25.1 Å². The monoisotopic (exact) mass is 691 g/mol. The number of imide groups is 1. The molecule has 1 aliphatic carbocycles. The third kappa shape index (κ3) is 7.69. The van der Waals surface area contributed by atoms with E-state index >= 15 is 0 Å². The van der Waals surface area contributed by atoms with Crippen LogP contribution < -0.4 is 10.1 Å². The van der Waals surface area contributed by atoms with Crippen LogP contribution in [0.4, 0.5) is 0 Å². The smallest absolute Gasteiger partial charge is 0.265 e. The Morgan fingerprint density at radius 3 is 2.65 bits per heavy atom. The molecule has 1 saturated carbocycles. The van der Waals surface area contributed by atoms with Crippen LogP contribution in [0.15, 0.2) is 77.9 Å². The van der Waals surface area contributed by atoms with Gasteiger partial charge in [-0.15, -0.1) is 0 Å². The highest BCUT2D eigenvalue weighted by Crippen LogP contribution is 2.36. The number of likely N-dealkylation sites (N-methyl/N-ethyl adjacent to an activating group) is 1. The molecule has 2 aliphatic heterocycles. The van der Waals surface area contributed by atoms with Gasteiger partial charge in [-0.3, -0.25) is 19.5 Å². The number of hydrogen-bond acceptors (Lipinski definition) is 9. The number of allylic oxidation sites excluding steroid dienone is 2. The molecule has 4 aromatic rings. The van der Waals surface area contributed by atoms with Gasteiger partial charge in [-0.1, -0.05) is 29.8 Å². The highest BCUT2D eigenvalue weighted by Gasteiger charge is 2.44. The number of benzene rings is 2. The van der Waals surface area contributed by atoms with Crippen molar-refractivity contribution in [2.75, 3.05) is 53.2 Å². The Morgan fingerprint density at radius 2 is 1.84 bits per heavy atom. The summed E-state index contributed by atoms with van der Waals surface area (Å²) in [5.41, 5.74) is 7.90. The van der Waals surface area contributed by atoms with Crippen LogP contribution in [-0.4, -0.2) is 97.1 Å². The van der Waals surface area contributed by atoms with Crippen molar-refractivity contribution in [3.63, 3.8) is 0 Å². The molecule has 2 aromatic carbocycles. The van der Waals surface area contributed by atoms with Crippen molar-refractivity contribution >= 4 is 39.9 Å². The molecule has 7 rings (SSSR count). The van der Waals surface area contributed by atoms with Gasteiger partial charge in [0.25, 0.3) is 11.8 Å². The molecule has 4 heterocycles. The van der Waals surface area contributed by atoms with Crippen molar-refractivity contribution in [3.8, 4) is 5.75 Å². The second kappa shape index (κ2) is 15.9. The number of rotatable bonds is 19. The largest absolute Gasteiger partial charge is 0.490 e. The Labute approximate surface area is 297 Å². The van der Waals surface area contributed by atoms with Crippen molar-refractivity contribution < 1.29 is 28.6 Å². The van der Waals surface area contributed by atoms with Crippen LogP contribution in [0.25, 0.3) is 21.8 Å². The topological polar surface area (TPSA) is 126 Å². The van der Waals surface area contributed by atoms with Gasteiger partial charge in [-0.2, -0.15) is 0 Å². The lowest BCUT2D eigenvalue weighted by atomic mass is 10.1. The van der Waals surface area contributed by atoms with E-state index in [1.54, 1.807) is 18.2 Å². The quantitative estimate of drug-likeness (QED) is 0.0739. The molecule has 11 heteroatoms. The van der Waals surface area contributed by atoms with Gasteiger partial charge in [0.1, 0.15) is 18.6 Å². The molecule has 1 unspecified atom stereocenters. The van der Waals surface area contributed by atoms with Crippen LogP contribution in [0.5, 0.6) is 5.75 Å². The lowest BCUT2D eigenvalue weighted by Gasteiger charge is -2.31. The van der Waals surface area contributed by atoms with E-state index in [0.29, 0.717) is 44.2 Å². The first-order chi connectivity index (χ1) is 25.0. The average Bonchev–Trinajstić information content (AvgIpc) is 3.72. The lowest BCUT2D eigenvalue weighted by molar-refractivity contribution is -0.108. The van der Waals surface area contributed by atoms with Crippen LogP contribution in [0.1, 0.15) is 64.8 Å². The predicted molar refractivity (Wildman–Crippen MR) is 195 cm³/mol. The zero-order valence-corrected chi connectivity index (χ0v) is 29.1. The number of hydrogen-bond donors (Lipinski definition) is 2. The third-order valence-corrected chi connectivity index (χ3v) is 9.87. The molecule has 2 amide bonds. The maximum absolute atomic E-state index is 13.6. The van der Waals surface area contributed by atoms with Gasteiger partial charge in [0.2, 0.25) is 0 Å². The van der Waals surface area contributed by atoms with Gasteiger partial charge >= 0.3 is 0 Å². The van der Waals surface area contributed by atoms with Gasteiger partial charge in [-0.05, 0) is 68.4 Å². The Bertz CT molecular complexity index is 1980. The van der Waals surface area contributed by atoms with Gasteiger partial charge < -0.3 is 34.2 Å². The summed E-state index contributed by atoms with van der Waals surface area (Å²) in [5, 5.41) is 5.97. The second-order valence-corrected chi connectivity index (χ2v) is 13.3. The minimum Gasteiger partial charge on any atom is -0.490 e. The number of carbonyl (C=O) groups excluding carboxylic acids is 3. The Morgan fingerprint density at radius 1 is 1.00 bits per heavy atom. The Balaban J connectivity index is 0.811. The maximum atomic E-state index is 13.6. The molecule has 2 N–H and O–H groups in total. The summed E-state index contributed by atoms with van der Waals surface area (Å²) in [6.45, 7) is 3.55. The molecule has 266 valence electrons. The van der Waals surface area contributed by atoms with E-state index in [1.807, 2.05) is 36.5 Å². The molecular formula is C40H45N5O6. The average molecular weight is 692 g/mol. The van der Waals surface area contributed by atoms with Gasteiger partial charge in [-0.25, -0.2) is 0 Å². The number of nitrogens with zero attached hydrogens (tertiary/aromatic N) is 3. The van der Waals surface area contributed by atoms with Gasteiger partial charge in [0.05, 0.1) is 43.6 Å². The first kappa shape index (κ1) is 34.4. The molecule has 0 spiro atoms. The zero-order chi connectivity index (χ0) is 35.2. The highest BCUT2D eigenvalue weighted by molar-refractivity contribution is 6.23. The van der Waals surface area contributed by atoms with E-state index in [4.69, 9.17) is 14.2 Å². The summed E-state index contributed by atoms with van der Waals surface area (Å²) in [6, 6.07) is 13.3. The Kier molecular flexibility index (Phi) is 10.7. The van der Waals surface area contributed by atoms with Crippen LogP contribution >= 0.6 is 0 Å². The molecule has 11 nitrogen and oxygen atoms in total. The zero-order valence-electron chi connectivity index (χ0n) is 29.1. The fraction of sp³-hybridized carbons (Fsp3) is 0.400. The maximum Gasteiger partial charge on any atom is 0.265 e. The first-order valence-electron chi connectivity index (χ1n) is 18.0. The van der Waals surface area contributed by atoms with Crippen molar-refractivity contribution in [2.45, 2.75) is 51.0 Å². The van der Waals surface area contributed by atoms with E-state index in [2.05, 4.69) is 33.5 Å². The van der Waals surface area contributed by atoms with Crippen LogP contribution in [0, 0.1) is 0 Å².